The Balaban J connectivity index is 1.04. The van der Waals surface area contributed by atoms with Crippen molar-refractivity contribution in [2.24, 2.45) is 11.8 Å². The van der Waals surface area contributed by atoms with Gasteiger partial charge in [-0.3, -0.25) is 9.59 Å². The molecule has 14 heteroatoms. The van der Waals surface area contributed by atoms with Crippen LogP contribution in [0.5, 0.6) is 0 Å². The van der Waals surface area contributed by atoms with Crippen molar-refractivity contribution in [3.8, 4) is 33.6 Å². The number of aromatic amines is 2. The van der Waals surface area contributed by atoms with Crippen LogP contribution in [0.1, 0.15) is 70.2 Å². The zero-order valence-electron chi connectivity index (χ0n) is 34.2. The molecule has 5 atom stereocenters. The number of allylic oxidation sites excluding steroid dienone is 1. The molecule has 4 heterocycles. The molecule has 1 unspecified atom stereocenters. The number of benzene rings is 3. The lowest BCUT2D eigenvalue weighted by atomic mass is 9.93. The Bertz CT molecular complexity index is 2330. The number of rotatable bonds is 10. The van der Waals surface area contributed by atoms with E-state index in [1.807, 2.05) is 24.2 Å². The van der Waals surface area contributed by atoms with E-state index >= 15 is 0 Å². The second kappa shape index (κ2) is 18.0. The molecule has 2 aliphatic heterocycles. The van der Waals surface area contributed by atoms with Gasteiger partial charge < -0.3 is 39.9 Å². The number of ether oxygens (including phenoxy) is 2. The van der Waals surface area contributed by atoms with Crippen molar-refractivity contribution in [3.63, 3.8) is 0 Å². The van der Waals surface area contributed by atoms with Crippen LogP contribution in [-0.2, 0) is 19.1 Å². The zero-order valence-corrected chi connectivity index (χ0v) is 34.2. The van der Waals surface area contributed by atoms with Gasteiger partial charge in [0.25, 0.3) is 0 Å². The first-order chi connectivity index (χ1) is 28.5. The first kappa shape index (κ1) is 40.7. The normalized spacial score (nSPS) is 20.0. The summed E-state index contributed by atoms with van der Waals surface area (Å²) in [5.41, 5.74) is 5.86. The quantitative estimate of drug-likeness (QED) is 0.105. The van der Waals surface area contributed by atoms with Crippen molar-refractivity contribution in [2.45, 2.75) is 64.6 Å². The number of nitrogens with zero attached hydrogens (tertiary/aromatic N) is 4. The van der Waals surface area contributed by atoms with Crippen LogP contribution in [-0.4, -0.2) is 93.6 Å². The van der Waals surface area contributed by atoms with Crippen LogP contribution in [0.3, 0.4) is 0 Å². The summed E-state index contributed by atoms with van der Waals surface area (Å²) in [7, 11) is 2.55. The van der Waals surface area contributed by atoms with Gasteiger partial charge in [-0.05, 0) is 84.0 Å². The van der Waals surface area contributed by atoms with Gasteiger partial charge in [-0.25, -0.2) is 19.6 Å². The molecule has 0 aliphatic carbocycles. The summed E-state index contributed by atoms with van der Waals surface area (Å²) in [5.74, 6) is 1.73. The lowest BCUT2D eigenvalue weighted by Gasteiger charge is -2.39. The number of aromatic nitrogens is 4. The topological polar surface area (TPSA) is 175 Å². The number of alkyl carbamates (subject to hydrolysis) is 2. The number of amides is 4. The van der Waals surface area contributed by atoms with Gasteiger partial charge in [0, 0.05) is 18.7 Å². The Morgan fingerprint density at radius 3 is 1.86 bits per heavy atom. The first-order valence-electron chi connectivity index (χ1n) is 20.2. The van der Waals surface area contributed by atoms with Crippen LogP contribution in [0.15, 0.2) is 85.2 Å². The Morgan fingerprint density at radius 2 is 1.25 bits per heavy atom. The van der Waals surface area contributed by atoms with Crippen molar-refractivity contribution in [3.05, 3.63) is 96.9 Å². The maximum absolute atomic E-state index is 13.7. The molecule has 0 bridgehead atoms. The number of hydrogen-bond acceptors (Lipinski definition) is 8. The summed E-state index contributed by atoms with van der Waals surface area (Å²) in [5, 5.41) is 7.34. The van der Waals surface area contributed by atoms with E-state index in [1.54, 1.807) is 17.1 Å². The fraction of sp³-hybridized carbons (Fsp3) is 0.378. The molecule has 5 aromatic rings. The van der Waals surface area contributed by atoms with Crippen LogP contribution in [0, 0.1) is 11.8 Å². The molecule has 4 amide bonds. The van der Waals surface area contributed by atoms with Gasteiger partial charge in [0.2, 0.25) is 11.8 Å². The van der Waals surface area contributed by atoms with E-state index in [0.29, 0.717) is 30.7 Å². The number of nitrogens with one attached hydrogen (secondary N) is 4. The lowest BCUT2D eigenvalue weighted by molar-refractivity contribution is -0.137. The fourth-order valence-corrected chi connectivity index (χ4v) is 8.20. The molecule has 2 aliphatic rings. The van der Waals surface area contributed by atoms with Crippen LogP contribution in [0.25, 0.3) is 44.4 Å². The van der Waals surface area contributed by atoms with Gasteiger partial charge in [0.05, 0.1) is 50.1 Å². The highest BCUT2D eigenvalue weighted by Crippen LogP contribution is 2.36. The van der Waals surface area contributed by atoms with Crippen LogP contribution >= 0.6 is 0 Å². The summed E-state index contributed by atoms with van der Waals surface area (Å²) in [6.45, 7) is 7.08. The van der Waals surface area contributed by atoms with E-state index in [-0.39, 0.29) is 30.4 Å². The monoisotopic (exact) mass is 800 g/mol. The Hall–Kier alpha value is -6.44. The van der Waals surface area contributed by atoms with Crippen molar-refractivity contribution in [2.75, 3.05) is 33.9 Å². The number of H-pyrrole nitrogens is 2. The highest BCUT2D eigenvalue weighted by atomic mass is 16.5. The Morgan fingerprint density at radius 1 is 0.729 bits per heavy atom. The number of imidazole rings is 2. The number of methoxy groups -OCH3 is 2. The molecule has 2 saturated heterocycles. The largest absolute Gasteiger partial charge is 0.453 e. The van der Waals surface area contributed by atoms with Crippen molar-refractivity contribution in [1.29, 1.82) is 0 Å². The summed E-state index contributed by atoms with van der Waals surface area (Å²) in [4.78, 5) is 70.5. The molecule has 59 heavy (non-hydrogen) atoms. The first-order valence-corrected chi connectivity index (χ1v) is 20.2. The summed E-state index contributed by atoms with van der Waals surface area (Å²) < 4.78 is 9.40. The second-order valence-electron chi connectivity index (χ2n) is 15.6. The molecule has 3 aromatic carbocycles. The minimum Gasteiger partial charge on any atom is -0.453 e. The molecule has 4 N–H and O–H groups in total. The summed E-state index contributed by atoms with van der Waals surface area (Å²) in [6.07, 6.45) is 9.21. The number of fused-ring (bicyclic) bond motifs is 1. The Labute approximate surface area is 343 Å². The molecule has 14 nitrogen and oxygen atoms in total. The minimum absolute atomic E-state index is 0.132. The molecule has 308 valence electrons. The lowest BCUT2D eigenvalue weighted by Crippen LogP contribution is -2.51. The zero-order chi connectivity index (χ0) is 41.6. The van der Waals surface area contributed by atoms with Crippen LogP contribution in [0.2, 0.25) is 0 Å². The molecule has 0 radical (unpaired) electrons. The predicted octanol–water partition coefficient (Wildman–Crippen LogP) is 7.54. The van der Waals surface area contributed by atoms with Gasteiger partial charge in [-0.2, -0.15) is 0 Å². The number of carbonyl (C=O) groups is 4. The van der Waals surface area contributed by atoms with E-state index in [1.165, 1.54) is 14.2 Å². The minimum atomic E-state index is -0.837. The molecular weight excluding hydrogens is 749 g/mol. The smallest absolute Gasteiger partial charge is 0.407 e. The molecule has 0 saturated carbocycles. The Kier molecular flexibility index (Phi) is 12.4. The molecule has 2 fully saturated rings. The van der Waals surface area contributed by atoms with Crippen LogP contribution < -0.4 is 10.6 Å². The number of likely N-dealkylation sites (tertiary alicyclic amines) is 2. The highest BCUT2D eigenvalue weighted by molar-refractivity contribution is 5.91. The van der Waals surface area contributed by atoms with E-state index in [9.17, 15) is 19.2 Å². The predicted molar refractivity (Wildman–Crippen MR) is 225 cm³/mol. The third-order valence-corrected chi connectivity index (χ3v) is 11.4. The summed E-state index contributed by atoms with van der Waals surface area (Å²) in [6, 6.07) is 19.8. The third-order valence-electron chi connectivity index (χ3n) is 11.4. The average molecular weight is 801 g/mol. The molecular formula is C45H52N8O6. The third kappa shape index (κ3) is 9.16. The van der Waals surface area contributed by atoms with Gasteiger partial charge in [0.1, 0.15) is 24.2 Å². The number of carbonyl (C=O) groups excluding carboxylic acids is 4. The van der Waals surface area contributed by atoms with Gasteiger partial charge in [0.15, 0.2) is 0 Å². The fourth-order valence-electron chi connectivity index (χ4n) is 8.20. The SMILES string of the molecule is C/C=C/C(NC(=O)OC)C(=O)N1C[C@@H](C)CC[C@H]1c1ncc(-c2ccc(-c3ccc4cc(-c5cnc([C@@H]6CC[C@H](C)CN6C(=O)CNC(=O)OC)[nH]5)ccc4c3)cc2)[nH]1. The van der Waals surface area contributed by atoms with Crippen LogP contribution in [0.4, 0.5) is 9.59 Å². The van der Waals surface area contributed by atoms with Crippen molar-refractivity contribution < 1.29 is 28.7 Å². The number of hydrogen-bond donors (Lipinski definition) is 4. The maximum Gasteiger partial charge on any atom is 0.407 e. The standard InChI is InChI=1S/C45H52N8O6/c1-6-7-35(51-45(57)59-5)43(55)53-26-28(3)9-19-39(53)42-46-22-36(49-42)30-12-10-29(11-13-30)31-14-15-33-21-34(17-16-32(33)20-31)37-23-47-41(50-37)38-18-8-27(2)25-52(38)40(54)24-48-44(56)58-4/h6-7,10-17,20-23,27-28,35,38-39H,8-9,18-19,24-26H2,1-5H3,(H,46,49)(H,47,50)(H,48,56)(H,51,57)/b7-6+/t27-,28-,35?,38-,39-/m0/s1. The van der Waals surface area contributed by atoms with E-state index in [0.717, 1.165) is 75.9 Å². The van der Waals surface area contributed by atoms with E-state index in [2.05, 4.69) is 99.8 Å². The van der Waals surface area contributed by atoms with Gasteiger partial charge in [-0.1, -0.05) is 74.5 Å². The number of piperidine rings is 2. The van der Waals surface area contributed by atoms with E-state index in [4.69, 9.17) is 14.7 Å². The summed E-state index contributed by atoms with van der Waals surface area (Å²) >= 11 is 0. The molecule has 0 spiro atoms. The molecule has 2 aromatic heterocycles. The molecule has 7 rings (SSSR count). The average Bonchev–Trinajstić information content (AvgIpc) is 3.96. The van der Waals surface area contributed by atoms with Gasteiger partial charge >= 0.3 is 12.2 Å². The maximum atomic E-state index is 13.7. The van der Waals surface area contributed by atoms with E-state index < -0.39 is 18.2 Å². The van der Waals surface area contributed by atoms with Crippen molar-refractivity contribution in [1.82, 2.24) is 40.4 Å². The second-order valence-corrected chi connectivity index (χ2v) is 15.6. The van der Waals surface area contributed by atoms with Crippen molar-refractivity contribution >= 4 is 34.8 Å². The van der Waals surface area contributed by atoms with Gasteiger partial charge in [-0.15, -0.1) is 0 Å². The highest BCUT2D eigenvalue weighted by Gasteiger charge is 2.36.